The van der Waals surface area contributed by atoms with E-state index in [1.54, 1.807) is 0 Å². The van der Waals surface area contributed by atoms with E-state index in [2.05, 4.69) is 16.0 Å². The predicted molar refractivity (Wildman–Crippen MR) is 146 cm³/mol. The van der Waals surface area contributed by atoms with Gasteiger partial charge in [-0.3, -0.25) is 28.8 Å². The summed E-state index contributed by atoms with van der Waals surface area (Å²) in [7, 11) is 0. The third-order valence-electron chi connectivity index (χ3n) is 6.12. The van der Waals surface area contributed by atoms with Crippen molar-refractivity contribution in [2.75, 3.05) is 6.61 Å². The van der Waals surface area contributed by atoms with Crippen LogP contribution in [0.15, 0.2) is 0 Å². The first-order chi connectivity index (χ1) is 20.7. The number of carbonyl (C=O) groups is 8. The monoisotopic (exact) mass is 635 g/mol. The van der Waals surface area contributed by atoms with E-state index in [0.717, 1.165) is 0 Å². The van der Waals surface area contributed by atoms with Gasteiger partial charge in [0.15, 0.2) is 6.23 Å². The smallest absolute Gasteiger partial charge is 0.303 e. The van der Waals surface area contributed by atoms with Gasteiger partial charge in [-0.25, -0.2) is 0 Å². The Labute approximate surface area is 251 Å². The van der Waals surface area contributed by atoms with Crippen LogP contribution >= 0.6 is 0 Å². The maximum Gasteiger partial charge on any atom is 0.303 e. The lowest BCUT2D eigenvalue weighted by Gasteiger charge is -2.25. The number of nitrogens with two attached hydrogens (primary N) is 1. The number of carboxylic acid groups (broad SMARTS) is 2. The molecule has 12 N–H and O–H groups in total. The van der Waals surface area contributed by atoms with Crippen LogP contribution < -0.4 is 27.0 Å². The fourth-order valence-electron chi connectivity index (χ4n) is 3.58. The first-order valence-corrected chi connectivity index (χ1v) is 13.6. The number of amides is 4. The summed E-state index contributed by atoms with van der Waals surface area (Å²) in [6.07, 6.45) is -8.09. The number of carboxylic acids is 2. The molecule has 0 aliphatic carbocycles. The second kappa shape index (κ2) is 21.6. The van der Waals surface area contributed by atoms with Crippen molar-refractivity contribution in [3.63, 3.8) is 0 Å². The van der Waals surface area contributed by atoms with Gasteiger partial charge in [-0.1, -0.05) is 0 Å². The maximum absolute atomic E-state index is 13.2. The molecule has 7 atom stereocenters. The van der Waals surface area contributed by atoms with Gasteiger partial charge >= 0.3 is 11.9 Å². The predicted octanol–water partition coefficient (Wildman–Crippen LogP) is -5.01. The Kier molecular flexibility index (Phi) is 19.6. The number of aliphatic hydroxyl groups is 4. The average Bonchev–Trinajstić information content (AvgIpc) is 2.96. The van der Waals surface area contributed by atoms with Crippen LogP contribution in [0.1, 0.15) is 57.8 Å². The third kappa shape index (κ3) is 16.6. The molecule has 0 bridgehead atoms. The van der Waals surface area contributed by atoms with Gasteiger partial charge in [-0.05, 0) is 32.1 Å². The number of hydrogen-bond acceptors (Lipinski definition) is 13. The number of rotatable bonds is 24. The van der Waals surface area contributed by atoms with Crippen molar-refractivity contribution in [1.82, 2.24) is 21.3 Å². The fourth-order valence-corrected chi connectivity index (χ4v) is 3.58. The van der Waals surface area contributed by atoms with Crippen molar-refractivity contribution in [3.8, 4) is 0 Å². The van der Waals surface area contributed by atoms with Crippen LogP contribution in [-0.2, 0) is 38.4 Å². The highest BCUT2D eigenvalue weighted by Gasteiger charge is 2.31. The van der Waals surface area contributed by atoms with Crippen molar-refractivity contribution in [3.05, 3.63) is 0 Å². The van der Waals surface area contributed by atoms with E-state index in [-0.39, 0.29) is 25.7 Å². The van der Waals surface area contributed by atoms with Crippen LogP contribution in [0.2, 0.25) is 0 Å². The maximum atomic E-state index is 13.2. The van der Waals surface area contributed by atoms with Gasteiger partial charge in [0, 0.05) is 32.3 Å². The van der Waals surface area contributed by atoms with Gasteiger partial charge in [-0.2, -0.15) is 0 Å². The zero-order valence-corrected chi connectivity index (χ0v) is 23.8. The van der Waals surface area contributed by atoms with Crippen molar-refractivity contribution < 1.29 is 69.0 Å². The van der Waals surface area contributed by atoms with E-state index in [9.17, 15) is 53.7 Å². The highest BCUT2D eigenvalue weighted by atomic mass is 16.4. The van der Waals surface area contributed by atoms with Crippen molar-refractivity contribution in [1.29, 1.82) is 0 Å². The molecule has 0 rings (SSSR count). The number of carbonyl (C=O) groups excluding carboxylic acids is 6. The first-order valence-electron chi connectivity index (χ1n) is 13.6. The minimum atomic E-state index is -1.98. The Morgan fingerprint density at radius 1 is 0.682 bits per heavy atom. The SMILES string of the molecule is N[C@@H](CCC(=O)O)C(=O)N[C@@H](CCC(=O)N[C@@H](O)[C@H](O)[C@@H](O)CCO)C(=O)N[C@@H](CCC(=O)O)C(=O)N[C@H](C=O)CCC=O. The van der Waals surface area contributed by atoms with Crippen LogP contribution in [0, 0.1) is 0 Å². The minimum absolute atomic E-state index is 0.0715. The van der Waals surface area contributed by atoms with Crippen molar-refractivity contribution in [2.45, 2.75) is 100 Å². The molecule has 0 aliphatic rings. The summed E-state index contributed by atoms with van der Waals surface area (Å²) < 4.78 is 0. The summed E-state index contributed by atoms with van der Waals surface area (Å²) in [5.41, 5.74) is 5.69. The molecule has 0 aliphatic heterocycles. The van der Waals surface area contributed by atoms with Crippen LogP contribution in [0.4, 0.5) is 0 Å². The Bertz CT molecular complexity index is 996. The summed E-state index contributed by atoms with van der Waals surface area (Å²) in [5, 5.41) is 64.9. The fraction of sp³-hybridized carbons (Fsp3) is 0.680. The molecular formula is C25H41N5O14. The van der Waals surface area contributed by atoms with E-state index in [1.165, 1.54) is 0 Å². The molecule has 0 unspecified atom stereocenters. The minimum Gasteiger partial charge on any atom is -0.481 e. The molecule has 0 heterocycles. The standard InChI is InChI=1S/C25H41N5O14/c26-14(3-7-19(36)37)22(41)28-15(4-6-18(35)30-25(44)21(40)17(34)9-11-32)24(43)29-16(5-8-20(38)39)23(42)27-13(12-33)2-1-10-31/h10,12-17,21,25,32,34,40,44H,1-9,11,26H2,(H,27,42)(H,28,41)(H,29,43)(H,30,35)(H,36,37)(H,38,39)/t13-,14-,15-,16-,17-,21+,25-/m0/s1. The lowest BCUT2D eigenvalue weighted by Crippen LogP contribution is -2.57. The second-order valence-corrected chi connectivity index (χ2v) is 9.71. The van der Waals surface area contributed by atoms with Gasteiger partial charge in [-0.15, -0.1) is 0 Å². The zero-order chi connectivity index (χ0) is 33.8. The normalized spacial score (nSPS) is 15.7. The summed E-state index contributed by atoms with van der Waals surface area (Å²) in [6.45, 7) is -0.524. The molecule has 0 aromatic carbocycles. The number of hydrogen-bond donors (Lipinski definition) is 11. The molecule has 0 saturated heterocycles. The lowest BCUT2D eigenvalue weighted by atomic mass is 10.0. The largest absolute Gasteiger partial charge is 0.481 e. The van der Waals surface area contributed by atoms with Crippen LogP contribution in [0.25, 0.3) is 0 Å². The van der Waals surface area contributed by atoms with E-state index >= 15 is 0 Å². The zero-order valence-electron chi connectivity index (χ0n) is 23.8. The summed E-state index contributed by atoms with van der Waals surface area (Å²) in [6, 6.07) is -5.72. The highest BCUT2D eigenvalue weighted by molar-refractivity contribution is 5.94. The Balaban J connectivity index is 5.81. The van der Waals surface area contributed by atoms with E-state index in [1.807, 2.05) is 5.32 Å². The van der Waals surface area contributed by atoms with Crippen LogP contribution in [-0.4, -0.2) is 128 Å². The average molecular weight is 636 g/mol. The molecule has 0 radical (unpaired) electrons. The third-order valence-corrected chi connectivity index (χ3v) is 6.12. The van der Waals surface area contributed by atoms with Gasteiger partial charge in [0.2, 0.25) is 23.6 Å². The Hall–Kier alpha value is -4.04. The molecule has 0 aromatic heterocycles. The van der Waals surface area contributed by atoms with Crippen molar-refractivity contribution >= 4 is 48.1 Å². The van der Waals surface area contributed by atoms with Crippen molar-refractivity contribution in [2.24, 2.45) is 5.73 Å². The molecule has 250 valence electrons. The molecule has 0 aromatic rings. The van der Waals surface area contributed by atoms with Crippen LogP contribution in [0.5, 0.6) is 0 Å². The molecule has 19 nitrogen and oxygen atoms in total. The topological polar surface area (TPSA) is 332 Å². The summed E-state index contributed by atoms with van der Waals surface area (Å²) >= 11 is 0. The van der Waals surface area contributed by atoms with Gasteiger partial charge in [0.05, 0.1) is 18.2 Å². The molecule has 0 fully saturated rings. The second-order valence-electron chi connectivity index (χ2n) is 9.71. The van der Waals surface area contributed by atoms with E-state index < -0.39 is 117 Å². The van der Waals surface area contributed by atoms with E-state index in [4.69, 9.17) is 21.1 Å². The molecule has 0 spiro atoms. The number of aldehydes is 2. The Morgan fingerprint density at radius 3 is 1.73 bits per heavy atom. The highest BCUT2D eigenvalue weighted by Crippen LogP contribution is 2.07. The van der Waals surface area contributed by atoms with Gasteiger partial charge in [0.25, 0.3) is 0 Å². The van der Waals surface area contributed by atoms with Gasteiger partial charge < -0.3 is 67.2 Å². The quantitative estimate of drug-likeness (QED) is 0.0349. The van der Waals surface area contributed by atoms with E-state index in [0.29, 0.717) is 12.6 Å². The number of aliphatic carboxylic acids is 2. The molecular weight excluding hydrogens is 594 g/mol. The van der Waals surface area contributed by atoms with Gasteiger partial charge in [0.1, 0.15) is 30.8 Å². The number of aliphatic hydroxyl groups excluding tert-OH is 4. The lowest BCUT2D eigenvalue weighted by molar-refractivity contribution is -0.138. The molecule has 44 heavy (non-hydrogen) atoms. The number of nitrogens with one attached hydrogen (secondary N) is 4. The Morgan fingerprint density at radius 2 is 1.20 bits per heavy atom. The molecule has 19 heteroatoms. The molecule has 4 amide bonds. The summed E-state index contributed by atoms with van der Waals surface area (Å²) in [5.74, 6) is -6.65. The first kappa shape index (κ1) is 40.0. The summed E-state index contributed by atoms with van der Waals surface area (Å²) in [4.78, 5) is 94.8. The van der Waals surface area contributed by atoms with Crippen LogP contribution in [0.3, 0.4) is 0 Å². The molecule has 0 saturated carbocycles.